The summed E-state index contributed by atoms with van der Waals surface area (Å²) in [7, 11) is 0. The maximum atomic E-state index is 11.9. The van der Waals surface area contributed by atoms with Gasteiger partial charge in [-0.3, -0.25) is 4.79 Å². The van der Waals surface area contributed by atoms with E-state index in [9.17, 15) is 9.90 Å². The van der Waals surface area contributed by atoms with Crippen molar-refractivity contribution in [3.05, 3.63) is 0 Å². The maximum Gasteiger partial charge on any atom is 0.227 e. The number of nitrogens with one attached hydrogen (secondary N) is 1. The van der Waals surface area contributed by atoms with E-state index < -0.39 is 11.0 Å². The van der Waals surface area contributed by atoms with Crippen molar-refractivity contribution in [2.24, 2.45) is 11.1 Å². The van der Waals surface area contributed by atoms with Gasteiger partial charge in [0.1, 0.15) is 5.60 Å². The Balaban J connectivity index is 4.44. The smallest absolute Gasteiger partial charge is 0.227 e. The third-order valence-corrected chi connectivity index (χ3v) is 3.20. The van der Waals surface area contributed by atoms with Crippen molar-refractivity contribution in [2.45, 2.75) is 39.2 Å². The molecule has 0 fully saturated rings. The molecule has 0 aliphatic rings. The van der Waals surface area contributed by atoms with Gasteiger partial charge in [0.05, 0.1) is 12.0 Å². The molecule has 5 heteroatoms. The minimum absolute atomic E-state index is 0.0318. The zero-order chi connectivity index (χ0) is 12.8. The number of carbonyl (C=O) groups excluding carboxylic acids is 1. The zero-order valence-electron chi connectivity index (χ0n) is 10.4. The highest BCUT2D eigenvalue weighted by Crippen LogP contribution is 2.25. The average Bonchev–Trinajstić information content (AvgIpc) is 2.29. The van der Waals surface area contributed by atoms with Gasteiger partial charge >= 0.3 is 0 Å². The molecule has 0 rings (SSSR count). The normalized spacial score (nSPS) is 15.6. The summed E-state index contributed by atoms with van der Waals surface area (Å²) in [5.41, 5.74) is 3.78. The van der Waals surface area contributed by atoms with Crippen LogP contribution in [0, 0.1) is 5.41 Å². The molecule has 0 aromatic rings. The van der Waals surface area contributed by atoms with E-state index in [1.54, 1.807) is 0 Å². The second-order valence-electron chi connectivity index (χ2n) is 4.53. The van der Waals surface area contributed by atoms with E-state index in [2.05, 4.69) is 5.32 Å². The van der Waals surface area contributed by atoms with Gasteiger partial charge in [-0.25, -0.2) is 0 Å². The summed E-state index contributed by atoms with van der Waals surface area (Å²) in [4.78, 5) is 11.9. The Labute approximate surface area is 97.0 Å². The summed E-state index contributed by atoms with van der Waals surface area (Å²) in [5.74, 6) is -0.159. The van der Waals surface area contributed by atoms with E-state index in [1.165, 1.54) is 6.92 Å². The SMILES string of the molecule is CCC(CC)(CN)C(=O)NCC(C)(O)CO. The molecule has 0 aromatic carbocycles. The van der Waals surface area contributed by atoms with Crippen LogP contribution < -0.4 is 11.1 Å². The molecule has 5 nitrogen and oxygen atoms in total. The Morgan fingerprint density at radius 3 is 2.19 bits per heavy atom. The Bertz CT molecular complexity index is 217. The number of aliphatic hydroxyl groups excluding tert-OH is 1. The van der Waals surface area contributed by atoms with Crippen LogP contribution in [0.15, 0.2) is 0 Å². The Kier molecular flexibility index (Phi) is 5.92. The van der Waals surface area contributed by atoms with Crippen molar-refractivity contribution in [3.63, 3.8) is 0 Å². The highest BCUT2D eigenvalue weighted by Gasteiger charge is 2.34. The summed E-state index contributed by atoms with van der Waals surface area (Å²) < 4.78 is 0. The van der Waals surface area contributed by atoms with Crippen LogP contribution in [0.3, 0.4) is 0 Å². The van der Waals surface area contributed by atoms with Crippen LogP contribution in [-0.2, 0) is 4.79 Å². The van der Waals surface area contributed by atoms with Crippen molar-refractivity contribution in [1.29, 1.82) is 0 Å². The lowest BCUT2D eigenvalue weighted by atomic mass is 9.81. The molecule has 0 saturated heterocycles. The monoisotopic (exact) mass is 232 g/mol. The summed E-state index contributed by atoms with van der Waals surface area (Å²) in [6.07, 6.45) is 1.32. The first-order valence-electron chi connectivity index (χ1n) is 5.69. The lowest BCUT2D eigenvalue weighted by Gasteiger charge is -2.30. The van der Waals surface area contributed by atoms with Gasteiger partial charge in [-0.1, -0.05) is 13.8 Å². The molecule has 0 heterocycles. The van der Waals surface area contributed by atoms with Gasteiger partial charge in [-0.05, 0) is 19.8 Å². The van der Waals surface area contributed by atoms with Gasteiger partial charge in [0.25, 0.3) is 0 Å². The predicted octanol–water partition coefficient (Wildman–Crippen LogP) is -0.389. The zero-order valence-corrected chi connectivity index (χ0v) is 10.4. The average molecular weight is 232 g/mol. The van der Waals surface area contributed by atoms with Crippen LogP contribution >= 0.6 is 0 Å². The van der Waals surface area contributed by atoms with E-state index in [4.69, 9.17) is 10.8 Å². The molecule has 1 atom stereocenters. The van der Waals surface area contributed by atoms with Gasteiger partial charge in [0.15, 0.2) is 0 Å². The van der Waals surface area contributed by atoms with Gasteiger partial charge in [-0.2, -0.15) is 0 Å². The largest absolute Gasteiger partial charge is 0.393 e. The van der Waals surface area contributed by atoms with E-state index in [-0.39, 0.29) is 25.6 Å². The molecule has 0 radical (unpaired) electrons. The van der Waals surface area contributed by atoms with Gasteiger partial charge in [-0.15, -0.1) is 0 Å². The standard InChI is InChI=1S/C11H24N2O3/c1-4-11(5-2,6-12)9(15)13-7-10(3,16)8-14/h14,16H,4-8,12H2,1-3H3,(H,13,15). The van der Waals surface area contributed by atoms with Gasteiger partial charge in [0.2, 0.25) is 5.91 Å². The molecule has 16 heavy (non-hydrogen) atoms. The van der Waals surface area contributed by atoms with Crippen LogP contribution in [0.2, 0.25) is 0 Å². The fourth-order valence-corrected chi connectivity index (χ4v) is 1.47. The van der Waals surface area contributed by atoms with Crippen molar-refractivity contribution < 1.29 is 15.0 Å². The number of aliphatic hydroxyl groups is 2. The number of hydrogen-bond donors (Lipinski definition) is 4. The molecule has 0 aromatic heterocycles. The number of carbonyl (C=O) groups is 1. The number of nitrogens with two attached hydrogens (primary N) is 1. The molecular formula is C11H24N2O3. The van der Waals surface area contributed by atoms with Crippen LogP contribution in [0.1, 0.15) is 33.6 Å². The molecule has 0 saturated carbocycles. The molecule has 0 aliphatic carbocycles. The Hall–Kier alpha value is -0.650. The minimum atomic E-state index is -1.28. The molecule has 96 valence electrons. The Morgan fingerprint density at radius 2 is 1.88 bits per heavy atom. The molecule has 1 amide bonds. The molecule has 5 N–H and O–H groups in total. The molecular weight excluding hydrogens is 208 g/mol. The second-order valence-corrected chi connectivity index (χ2v) is 4.53. The second kappa shape index (κ2) is 6.18. The van der Waals surface area contributed by atoms with Crippen LogP contribution in [0.25, 0.3) is 0 Å². The first kappa shape index (κ1) is 15.3. The fraction of sp³-hybridized carbons (Fsp3) is 0.909. The summed E-state index contributed by atoms with van der Waals surface area (Å²) in [5, 5.41) is 21.1. The van der Waals surface area contributed by atoms with E-state index in [1.807, 2.05) is 13.8 Å². The summed E-state index contributed by atoms with van der Waals surface area (Å²) in [6.45, 7) is 5.23. The highest BCUT2D eigenvalue weighted by molar-refractivity contribution is 5.82. The molecule has 0 bridgehead atoms. The minimum Gasteiger partial charge on any atom is -0.393 e. The molecule has 1 unspecified atom stereocenters. The first-order chi connectivity index (χ1) is 7.37. The topological polar surface area (TPSA) is 95.6 Å². The molecule has 0 spiro atoms. The van der Waals surface area contributed by atoms with Crippen LogP contribution in [0.4, 0.5) is 0 Å². The third-order valence-electron chi connectivity index (χ3n) is 3.20. The van der Waals surface area contributed by atoms with Gasteiger partial charge in [0, 0.05) is 13.1 Å². The highest BCUT2D eigenvalue weighted by atomic mass is 16.3. The van der Waals surface area contributed by atoms with E-state index >= 15 is 0 Å². The number of rotatable bonds is 7. The van der Waals surface area contributed by atoms with Crippen molar-refractivity contribution in [1.82, 2.24) is 5.32 Å². The maximum absolute atomic E-state index is 11.9. The van der Waals surface area contributed by atoms with Gasteiger partial charge < -0.3 is 21.3 Å². The first-order valence-corrected chi connectivity index (χ1v) is 5.69. The lowest BCUT2D eigenvalue weighted by Crippen LogP contribution is -2.50. The lowest BCUT2D eigenvalue weighted by molar-refractivity contribution is -0.132. The number of hydrogen-bond acceptors (Lipinski definition) is 4. The van der Waals surface area contributed by atoms with E-state index in [0.29, 0.717) is 12.8 Å². The number of amides is 1. The van der Waals surface area contributed by atoms with Crippen LogP contribution in [0.5, 0.6) is 0 Å². The Morgan fingerprint density at radius 1 is 1.38 bits per heavy atom. The summed E-state index contributed by atoms with van der Waals surface area (Å²) >= 11 is 0. The third kappa shape index (κ3) is 3.73. The van der Waals surface area contributed by atoms with Crippen molar-refractivity contribution in [3.8, 4) is 0 Å². The van der Waals surface area contributed by atoms with Crippen molar-refractivity contribution >= 4 is 5.91 Å². The predicted molar refractivity (Wildman–Crippen MR) is 62.8 cm³/mol. The quantitative estimate of drug-likeness (QED) is 0.481. The summed E-state index contributed by atoms with van der Waals surface area (Å²) in [6, 6.07) is 0. The fourth-order valence-electron chi connectivity index (χ4n) is 1.47. The van der Waals surface area contributed by atoms with Crippen LogP contribution in [-0.4, -0.2) is 41.4 Å². The van der Waals surface area contributed by atoms with Crippen molar-refractivity contribution in [2.75, 3.05) is 19.7 Å². The molecule has 0 aliphatic heterocycles. The van der Waals surface area contributed by atoms with E-state index in [0.717, 1.165) is 0 Å².